The highest BCUT2D eigenvalue weighted by Crippen LogP contribution is 2.26. The van der Waals surface area contributed by atoms with Crippen LogP contribution < -0.4 is 0 Å². The molecule has 0 aliphatic carbocycles. The van der Waals surface area contributed by atoms with Crippen LogP contribution in [-0.2, 0) is 4.84 Å². The smallest absolute Gasteiger partial charge is 0.364 e. The number of carbonyl (C=O) groups is 3. The third-order valence-corrected chi connectivity index (χ3v) is 4.58. The van der Waals surface area contributed by atoms with Gasteiger partial charge in [-0.05, 0) is 42.5 Å². The molecule has 0 unspecified atom stereocenters. The maximum Gasteiger partial charge on any atom is 0.364 e. The van der Waals surface area contributed by atoms with Crippen molar-refractivity contribution in [1.82, 2.24) is 10.0 Å². The van der Waals surface area contributed by atoms with Gasteiger partial charge in [0, 0.05) is 5.56 Å². The first-order valence-electron chi connectivity index (χ1n) is 8.78. The van der Waals surface area contributed by atoms with E-state index in [-0.39, 0.29) is 16.7 Å². The summed E-state index contributed by atoms with van der Waals surface area (Å²) in [7, 11) is 0. The minimum Gasteiger partial charge on any atom is -0.436 e. The number of rotatable bonds is 3. The van der Waals surface area contributed by atoms with Crippen LogP contribution in [0, 0.1) is 0 Å². The lowest BCUT2D eigenvalue weighted by Crippen LogP contribution is -2.32. The van der Waals surface area contributed by atoms with Crippen molar-refractivity contribution in [2.75, 3.05) is 0 Å². The Hall–Kier alpha value is -4.26. The van der Waals surface area contributed by atoms with Crippen LogP contribution in [0.5, 0.6) is 0 Å². The van der Waals surface area contributed by atoms with E-state index in [2.05, 4.69) is 4.98 Å². The second kappa shape index (κ2) is 6.42. The Balaban J connectivity index is 1.42. The fourth-order valence-electron chi connectivity index (χ4n) is 3.14. The fraction of sp³-hybridized carbons (Fsp3) is 0. The van der Waals surface area contributed by atoms with Crippen molar-refractivity contribution in [3.8, 4) is 11.5 Å². The molecule has 0 radical (unpaired) electrons. The second-order valence-corrected chi connectivity index (χ2v) is 6.40. The zero-order valence-electron chi connectivity index (χ0n) is 14.9. The molecule has 0 saturated heterocycles. The van der Waals surface area contributed by atoms with Crippen LogP contribution in [0.15, 0.2) is 77.2 Å². The van der Waals surface area contributed by atoms with Crippen molar-refractivity contribution >= 4 is 28.9 Å². The molecule has 7 heteroatoms. The summed E-state index contributed by atoms with van der Waals surface area (Å²) in [6, 6.07) is 20.2. The summed E-state index contributed by atoms with van der Waals surface area (Å²) in [5.74, 6) is -1.78. The number of fused-ring (bicyclic) bond motifs is 2. The first-order valence-corrected chi connectivity index (χ1v) is 8.78. The lowest BCUT2D eigenvalue weighted by molar-refractivity contribution is -0.0584. The third-order valence-electron chi connectivity index (χ3n) is 4.58. The van der Waals surface area contributed by atoms with Gasteiger partial charge in [-0.2, -0.15) is 0 Å². The van der Waals surface area contributed by atoms with Crippen LogP contribution in [0.1, 0.15) is 31.1 Å². The Morgan fingerprint density at radius 2 is 1.52 bits per heavy atom. The van der Waals surface area contributed by atoms with E-state index in [1.165, 1.54) is 24.3 Å². The molecule has 7 nitrogen and oxygen atoms in total. The van der Waals surface area contributed by atoms with Crippen molar-refractivity contribution in [3.05, 3.63) is 89.5 Å². The molecule has 0 atom stereocenters. The van der Waals surface area contributed by atoms with E-state index in [9.17, 15) is 14.4 Å². The molecule has 1 aliphatic rings. The second-order valence-electron chi connectivity index (χ2n) is 6.40. The largest absolute Gasteiger partial charge is 0.436 e. The van der Waals surface area contributed by atoms with Gasteiger partial charge in [-0.25, -0.2) is 9.78 Å². The Morgan fingerprint density at radius 3 is 2.21 bits per heavy atom. The first-order chi connectivity index (χ1) is 14.1. The van der Waals surface area contributed by atoms with E-state index in [0.29, 0.717) is 22.1 Å². The van der Waals surface area contributed by atoms with Crippen molar-refractivity contribution in [2.45, 2.75) is 0 Å². The van der Waals surface area contributed by atoms with Gasteiger partial charge in [0.05, 0.1) is 16.7 Å². The number of aromatic nitrogens is 1. The van der Waals surface area contributed by atoms with Gasteiger partial charge in [-0.1, -0.05) is 35.4 Å². The summed E-state index contributed by atoms with van der Waals surface area (Å²) in [4.78, 5) is 46.7. The molecular formula is C22H12N2O5. The molecule has 1 aromatic heterocycles. The normalized spacial score (nSPS) is 13.0. The summed E-state index contributed by atoms with van der Waals surface area (Å²) < 4.78 is 5.74. The van der Waals surface area contributed by atoms with Gasteiger partial charge < -0.3 is 9.25 Å². The van der Waals surface area contributed by atoms with Crippen LogP contribution >= 0.6 is 0 Å². The average molecular weight is 384 g/mol. The lowest BCUT2D eigenvalue weighted by atomic mass is 10.1. The van der Waals surface area contributed by atoms with Crippen LogP contribution in [0.4, 0.5) is 0 Å². The molecule has 0 saturated carbocycles. The van der Waals surface area contributed by atoms with E-state index in [4.69, 9.17) is 9.25 Å². The number of imide groups is 1. The highest BCUT2D eigenvalue weighted by atomic mass is 16.7. The molecule has 140 valence electrons. The number of benzene rings is 3. The maximum absolute atomic E-state index is 12.5. The van der Waals surface area contributed by atoms with Crippen LogP contribution in [0.2, 0.25) is 0 Å². The number of hydrogen-bond acceptors (Lipinski definition) is 6. The molecule has 0 bridgehead atoms. The number of hydroxylamine groups is 2. The Morgan fingerprint density at radius 1 is 0.862 bits per heavy atom. The molecular weight excluding hydrogens is 372 g/mol. The monoisotopic (exact) mass is 384 g/mol. The van der Waals surface area contributed by atoms with Gasteiger partial charge in [-0.15, -0.1) is 0 Å². The van der Waals surface area contributed by atoms with Gasteiger partial charge in [-0.3, -0.25) is 9.59 Å². The fourth-order valence-corrected chi connectivity index (χ4v) is 3.14. The van der Waals surface area contributed by atoms with Gasteiger partial charge in [0.2, 0.25) is 5.89 Å². The summed E-state index contributed by atoms with van der Waals surface area (Å²) in [5, 5.41) is 0.479. The quantitative estimate of drug-likeness (QED) is 0.498. The van der Waals surface area contributed by atoms with Gasteiger partial charge >= 0.3 is 5.97 Å². The van der Waals surface area contributed by atoms with E-state index >= 15 is 0 Å². The van der Waals surface area contributed by atoms with E-state index in [0.717, 1.165) is 5.56 Å². The van der Waals surface area contributed by atoms with Crippen molar-refractivity contribution < 1.29 is 23.6 Å². The summed E-state index contributed by atoms with van der Waals surface area (Å²) in [6.07, 6.45) is 0. The number of carbonyl (C=O) groups excluding carboxylic acids is 3. The summed E-state index contributed by atoms with van der Waals surface area (Å²) >= 11 is 0. The van der Waals surface area contributed by atoms with Gasteiger partial charge in [0.1, 0.15) is 5.52 Å². The minimum atomic E-state index is -0.848. The predicted octanol–water partition coefficient (Wildman–Crippen LogP) is 3.86. The molecule has 1 aliphatic heterocycles. The minimum absolute atomic E-state index is 0.129. The molecule has 5 rings (SSSR count). The lowest BCUT2D eigenvalue weighted by Gasteiger charge is -2.12. The molecule has 0 N–H and O–H groups in total. The Kier molecular flexibility index (Phi) is 3.74. The van der Waals surface area contributed by atoms with E-state index in [1.807, 2.05) is 30.3 Å². The third kappa shape index (κ3) is 2.76. The number of oxazole rings is 1. The molecule has 2 amide bonds. The Bertz CT molecular complexity index is 1260. The van der Waals surface area contributed by atoms with Gasteiger partial charge in [0.25, 0.3) is 11.8 Å². The Labute approximate surface area is 164 Å². The summed E-state index contributed by atoms with van der Waals surface area (Å²) in [6.45, 7) is 0. The number of hydrogen-bond donors (Lipinski definition) is 0. The molecule has 29 heavy (non-hydrogen) atoms. The van der Waals surface area contributed by atoms with Gasteiger partial charge in [0.15, 0.2) is 5.58 Å². The van der Waals surface area contributed by atoms with Crippen LogP contribution in [-0.4, -0.2) is 27.8 Å². The number of nitrogens with zero attached hydrogens (tertiary/aromatic N) is 2. The molecule has 0 spiro atoms. The zero-order chi connectivity index (χ0) is 20.0. The SMILES string of the molecule is O=C(ON1C(=O)c2ccccc2C1=O)c1ccc2nc(-c3ccccc3)oc2c1. The summed E-state index contributed by atoms with van der Waals surface area (Å²) in [5.41, 5.74) is 2.29. The molecule has 3 aromatic carbocycles. The average Bonchev–Trinajstić information content (AvgIpc) is 3.29. The van der Waals surface area contributed by atoms with E-state index < -0.39 is 17.8 Å². The highest BCUT2D eigenvalue weighted by Gasteiger charge is 2.38. The van der Waals surface area contributed by atoms with Crippen LogP contribution in [0.3, 0.4) is 0 Å². The predicted molar refractivity (Wildman–Crippen MR) is 102 cm³/mol. The van der Waals surface area contributed by atoms with Crippen molar-refractivity contribution in [3.63, 3.8) is 0 Å². The molecule has 0 fully saturated rings. The standard InChI is InChI=1S/C22H12N2O5/c25-20-15-8-4-5-9-16(15)21(26)24(20)29-22(27)14-10-11-17-18(12-14)28-19(23-17)13-6-2-1-3-7-13/h1-12H. The highest BCUT2D eigenvalue weighted by molar-refractivity contribution is 6.21. The topological polar surface area (TPSA) is 89.7 Å². The number of amides is 2. The van der Waals surface area contributed by atoms with Crippen LogP contribution in [0.25, 0.3) is 22.6 Å². The van der Waals surface area contributed by atoms with Crippen molar-refractivity contribution in [1.29, 1.82) is 0 Å². The van der Waals surface area contributed by atoms with E-state index in [1.54, 1.807) is 18.2 Å². The van der Waals surface area contributed by atoms with Crippen molar-refractivity contribution in [2.24, 2.45) is 0 Å². The maximum atomic E-state index is 12.5. The zero-order valence-corrected chi connectivity index (χ0v) is 14.9. The molecule has 2 heterocycles. The first kappa shape index (κ1) is 16.9. The molecule has 4 aromatic rings.